The first-order valence-corrected chi connectivity index (χ1v) is 6.71. The molecule has 1 aromatic heterocycles. The second-order valence-electron chi connectivity index (χ2n) is 4.94. The summed E-state index contributed by atoms with van der Waals surface area (Å²) in [6.07, 6.45) is 3.05. The van der Waals surface area contributed by atoms with Crippen LogP contribution in [-0.2, 0) is 11.8 Å². The monoisotopic (exact) mass is 252 g/mol. The van der Waals surface area contributed by atoms with Gasteiger partial charge in [-0.2, -0.15) is 5.10 Å². The Morgan fingerprint density at radius 1 is 1.61 bits per heavy atom. The molecule has 0 saturated carbocycles. The van der Waals surface area contributed by atoms with Crippen molar-refractivity contribution in [3.8, 4) is 0 Å². The van der Waals surface area contributed by atoms with Crippen LogP contribution >= 0.6 is 0 Å². The van der Waals surface area contributed by atoms with E-state index in [0.29, 0.717) is 12.6 Å². The minimum absolute atomic E-state index is 0.257. The highest BCUT2D eigenvalue weighted by Crippen LogP contribution is 2.27. The van der Waals surface area contributed by atoms with Crippen molar-refractivity contribution in [1.29, 1.82) is 0 Å². The average Bonchev–Trinajstić information content (AvgIpc) is 2.73. The molecular formula is C13H24N4O. The summed E-state index contributed by atoms with van der Waals surface area (Å²) in [5, 5.41) is 4.33. The Kier molecular flexibility index (Phi) is 4.37. The summed E-state index contributed by atoms with van der Waals surface area (Å²) in [6, 6.07) is 0.722. The Labute approximate surface area is 109 Å². The second-order valence-corrected chi connectivity index (χ2v) is 4.94. The lowest BCUT2D eigenvalue weighted by molar-refractivity contribution is -0.0292. The largest absolute Gasteiger partial charge is 0.378 e. The van der Waals surface area contributed by atoms with E-state index < -0.39 is 0 Å². The molecule has 2 unspecified atom stereocenters. The maximum absolute atomic E-state index is 6.01. The van der Waals surface area contributed by atoms with Gasteiger partial charge >= 0.3 is 0 Å². The molecule has 2 heterocycles. The normalized spacial score (nSPS) is 23.2. The maximum atomic E-state index is 6.01. The van der Waals surface area contributed by atoms with Crippen LogP contribution in [0.15, 0.2) is 6.20 Å². The SMILES string of the molecule is CCC1COCCN1C(CN)c1cnn(C)c1C. The number of hydrogen-bond donors (Lipinski definition) is 1. The molecule has 1 fully saturated rings. The van der Waals surface area contributed by atoms with Crippen molar-refractivity contribution in [2.24, 2.45) is 12.8 Å². The van der Waals surface area contributed by atoms with Gasteiger partial charge in [0.05, 0.1) is 25.5 Å². The Balaban J connectivity index is 2.24. The maximum Gasteiger partial charge on any atom is 0.0622 e. The first-order chi connectivity index (χ1) is 8.69. The molecule has 5 heteroatoms. The van der Waals surface area contributed by atoms with E-state index in [0.717, 1.165) is 26.2 Å². The number of aromatic nitrogens is 2. The molecule has 1 aliphatic rings. The molecule has 5 nitrogen and oxygen atoms in total. The fourth-order valence-corrected chi connectivity index (χ4v) is 2.71. The third-order valence-corrected chi connectivity index (χ3v) is 4.00. The van der Waals surface area contributed by atoms with Gasteiger partial charge in [0, 0.05) is 37.4 Å². The predicted octanol–water partition coefficient (Wildman–Crippen LogP) is 0.839. The van der Waals surface area contributed by atoms with E-state index in [9.17, 15) is 0 Å². The number of morpholine rings is 1. The smallest absolute Gasteiger partial charge is 0.0622 e. The molecule has 2 atom stereocenters. The van der Waals surface area contributed by atoms with Crippen LogP contribution in [0.4, 0.5) is 0 Å². The fourth-order valence-electron chi connectivity index (χ4n) is 2.71. The van der Waals surface area contributed by atoms with Crippen LogP contribution in [0.2, 0.25) is 0 Å². The zero-order chi connectivity index (χ0) is 13.1. The molecule has 18 heavy (non-hydrogen) atoms. The zero-order valence-corrected chi connectivity index (χ0v) is 11.6. The van der Waals surface area contributed by atoms with Gasteiger partial charge < -0.3 is 10.5 Å². The van der Waals surface area contributed by atoms with Gasteiger partial charge in [-0.25, -0.2) is 0 Å². The Bertz CT molecular complexity index is 390. The van der Waals surface area contributed by atoms with E-state index in [4.69, 9.17) is 10.5 Å². The predicted molar refractivity (Wildman–Crippen MR) is 71.3 cm³/mol. The van der Waals surface area contributed by atoms with Crippen molar-refractivity contribution in [3.63, 3.8) is 0 Å². The Hall–Kier alpha value is -0.910. The molecule has 1 saturated heterocycles. The number of aryl methyl sites for hydroxylation is 1. The van der Waals surface area contributed by atoms with Gasteiger partial charge in [-0.1, -0.05) is 6.92 Å². The average molecular weight is 252 g/mol. The molecular weight excluding hydrogens is 228 g/mol. The van der Waals surface area contributed by atoms with E-state index in [1.165, 1.54) is 11.3 Å². The Morgan fingerprint density at radius 3 is 2.94 bits per heavy atom. The molecule has 1 aliphatic heterocycles. The summed E-state index contributed by atoms with van der Waals surface area (Å²) in [7, 11) is 1.98. The van der Waals surface area contributed by atoms with E-state index in [-0.39, 0.29) is 6.04 Å². The summed E-state index contributed by atoms with van der Waals surface area (Å²) >= 11 is 0. The molecule has 102 valence electrons. The van der Waals surface area contributed by atoms with E-state index in [1.54, 1.807) is 0 Å². The highest BCUT2D eigenvalue weighted by atomic mass is 16.5. The van der Waals surface area contributed by atoms with Crippen LogP contribution < -0.4 is 5.73 Å². The highest BCUT2D eigenvalue weighted by molar-refractivity contribution is 5.21. The lowest BCUT2D eigenvalue weighted by Crippen LogP contribution is -2.48. The van der Waals surface area contributed by atoms with Gasteiger partial charge in [-0.3, -0.25) is 9.58 Å². The third-order valence-electron chi connectivity index (χ3n) is 4.00. The van der Waals surface area contributed by atoms with Crippen LogP contribution in [-0.4, -0.2) is 47.0 Å². The lowest BCUT2D eigenvalue weighted by atomic mass is 10.0. The molecule has 0 aromatic carbocycles. The summed E-state index contributed by atoms with van der Waals surface area (Å²) in [5.41, 5.74) is 8.46. The number of rotatable bonds is 4. The first kappa shape index (κ1) is 13.5. The van der Waals surface area contributed by atoms with Crippen LogP contribution in [0.3, 0.4) is 0 Å². The summed E-state index contributed by atoms with van der Waals surface area (Å²) in [5.74, 6) is 0. The van der Waals surface area contributed by atoms with Crippen molar-refractivity contribution < 1.29 is 4.74 Å². The minimum Gasteiger partial charge on any atom is -0.378 e. The van der Waals surface area contributed by atoms with E-state index >= 15 is 0 Å². The lowest BCUT2D eigenvalue weighted by Gasteiger charge is -2.40. The van der Waals surface area contributed by atoms with Gasteiger partial charge in [0.15, 0.2) is 0 Å². The molecule has 0 spiro atoms. The van der Waals surface area contributed by atoms with Crippen LogP contribution in [0.5, 0.6) is 0 Å². The van der Waals surface area contributed by atoms with Crippen LogP contribution in [0, 0.1) is 6.92 Å². The van der Waals surface area contributed by atoms with Crippen molar-refractivity contribution in [2.45, 2.75) is 32.4 Å². The van der Waals surface area contributed by atoms with Crippen LogP contribution in [0.25, 0.3) is 0 Å². The molecule has 2 rings (SSSR count). The summed E-state index contributed by atoms with van der Waals surface area (Å²) < 4.78 is 7.48. The van der Waals surface area contributed by atoms with Gasteiger partial charge in [0.25, 0.3) is 0 Å². The topological polar surface area (TPSA) is 56.3 Å². The number of ether oxygens (including phenoxy) is 1. The van der Waals surface area contributed by atoms with E-state index in [2.05, 4.69) is 23.8 Å². The quantitative estimate of drug-likeness (QED) is 0.862. The van der Waals surface area contributed by atoms with E-state index in [1.807, 2.05) is 17.9 Å². The van der Waals surface area contributed by atoms with Gasteiger partial charge in [0.1, 0.15) is 0 Å². The standard InChI is InChI=1S/C13H24N4O/c1-4-11-9-18-6-5-17(11)13(7-14)12-8-15-16(3)10(12)2/h8,11,13H,4-7,9,14H2,1-3H3. The molecule has 2 N–H and O–H groups in total. The van der Waals surface area contributed by atoms with Crippen LogP contribution in [0.1, 0.15) is 30.6 Å². The molecule has 0 bridgehead atoms. The highest BCUT2D eigenvalue weighted by Gasteiger charge is 2.30. The second kappa shape index (κ2) is 5.82. The number of hydrogen-bond acceptors (Lipinski definition) is 4. The minimum atomic E-state index is 0.257. The molecule has 0 aliphatic carbocycles. The zero-order valence-electron chi connectivity index (χ0n) is 11.6. The van der Waals surface area contributed by atoms with Gasteiger partial charge in [-0.05, 0) is 13.3 Å². The van der Waals surface area contributed by atoms with Crippen molar-refractivity contribution in [2.75, 3.05) is 26.3 Å². The summed E-state index contributed by atoms with van der Waals surface area (Å²) in [4.78, 5) is 2.48. The van der Waals surface area contributed by atoms with Gasteiger partial charge in [-0.15, -0.1) is 0 Å². The molecule has 0 radical (unpaired) electrons. The number of nitrogens with two attached hydrogens (primary N) is 1. The molecule has 0 amide bonds. The van der Waals surface area contributed by atoms with Gasteiger partial charge in [0.2, 0.25) is 0 Å². The van der Waals surface area contributed by atoms with Crippen molar-refractivity contribution in [1.82, 2.24) is 14.7 Å². The fraction of sp³-hybridized carbons (Fsp3) is 0.769. The molecule has 1 aromatic rings. The summed E-state index contributed by atoms with van der Waals surface area (Å²) in [6.45, 7) is 7.50. The van der Waals surface area contributed by atoms with Crippen molar-refractivity contribution >= 4 is 0 Å². The number of nitrogens with zero attached hydrogens (tertiary/aromatic N) is 3. The Morgan fingerprint density at radius 2 is 2.39 bits per heavy atom. The first-order valence-electron chi connectivity index (χ1n) is 6.71. The third kappa shape index (κ3) is 2.43. The van der Waals surface area contributed by atoms with Crippen molar-refractivity contribution in [3.05, 3.63) is 17.5 Å².